The minimum absolute atomic E-state index is 0.000926. The molecule has 0 heterocycles. The maximum absolute atomic E-state index is 11.5. The number of rotatable bonds is 3. The number of hydrogen-bond acceptors (Lipinski definition) is 3. The largest absolute Gasteiger partial charge is 0.451 e. The molecule has 0 aromatic heterocycles. The molecule has 0 bridgehead atoms. The quantitative estimate of drug-likeness (QED) is 0.653. The van der Waals surface area contributed by atoms with Gasteiger partial charge in [-0.3, -0.25) is 9.59 Å². The van der Waals surface area contributed by atoms with Gasteiger partial charge in [-0.25, -0.2) is 0 Å². The monoisotopic (exact) mass is 198 g/mol. The van der Waals surface area contributed by atoms with Gasteiger partial charge in [0.2, 0.25) is 0 Å². The van der Waals surface area contributed by atoms with Crippen LogP contribution in [0.15, 0.2) is 0 Å². The van der Waals surface area contributed by atoms with Crippen LogP contribution < -0.4 is 0 Å². The van der Waals surface area contributed by atoms with Crippen LogP contribution in [0.2, 0.25) is 0 Å². The summed E-state index contributed by atoms with van der Waals surface area (Å²) in [5.74, 6) is -0.263. The average molecular weight is 198 g/mol. The lowest BCUT2D eigenvalue weighted by molar-refractivity contribution is -0.170. The van der Waals surface area contributed by atoms with Gasteiger partial charge >= 0.3 is 5.97 Å². The van der Waals surface area contributed by atoms with Crippen LogP contribution in [0.25, 0.3) is 0 Å². The summed E-state index contributed by atoms with van der Waals surface area (Å²) in [6, 6.07) is 0. The highest BCUT2D eigenvalue weighted by molar-refractivity contribution is 5.87. The summed E-state index contributed by atoms with van der Waals surface area (Å²) in [7, 11) is 0. The van der Waals surface area contributed by atoms with Crippen molar-refractivity contribution in [1.82, 2.24) is 0 Å². The van der Waals surface area contributed by atoms with E-state index in [-0.39, 0.29) is 11.8 Å². The number of ketones is 1. The second kappa shape index (κ2) is 4.58. The van der Waals surface area contributed by atoms with E-state index < -0.39 is 5.60 Å². The van der Waals surface area contributed by atoms with Gasteiger partial charge in [0.25, 0.3) is 0 Å². The van der Waals surface area contributed by atoms with Gasteiger partial charge in [-0.15, -0.1) is 0 Å². The number of carbonyl (C=O) groups excluding carboxylic acids is 2. The van der Waals surface area contributed by atoms with Gasteiger partial charge in [0, 0.05) is 6.42 Å². The molecule has 0 atom stereocenters. The Morgan fingerprint density at radius 2 is 1.79 bits per heavy atom. The molecular formula is C11H18O3. The van der Waals surface area contributed by atoms with Gasteiger partial charge in [-0.1, -0.05) is 13.3 Å². The normalized spacial score (nSPS) is 20.1. The highest BCUT2D eigenvalue weighted by Crippen LogP contribution is 2.32. The smallest absolute Gasteiger partial charge is 0.306 e. The summed E-state index contributed by atoms with van der Waals surface area (Å²) in [4.78, 5) is 22.7. The number of ether oxygens (including phenoxy) is 1. The summed E-state index contributed by atoms with van der Waals surface area (Å²) < 4.78 is 5.30. The lowest BCUT2D eigenvalue weighted by atomic mass is 9.82. The Kier molecular flexibility index (Phi) is 3.67. The van der Waals surface area contributed by atoms with E-state index in [1.54, 1.807) is 6.92 Å². The Bertz CT molecular complexity index is 227. The maximum atomic E-state index is 11.5. The fourth-order valence-electron chi connectivity index (χ4n) is 1.94. The van der Waals surface area contributed by atoms with Crippen LogP contribution >= 0.6 is 0 Å². The van der Waals surface area contributed by atoms with Gasteiger partial charge < -0.3 is 4.74 Å². The number of carbonyl (C=O) groups is 2. The second-order valence-electron chi connectivity index (χ2n) is 3.94. The van der Waals surface area contributed by atoms with E-state index in [0.29, 0.717) is 19.3 Å². The van der Waals surface area contributed by atoms with Gasteiger partial charge in [0.15, 0.2) is 11.4 Å². The Labute approximate surface area is 84.8 Å². The SMILES string of the molecule is CCC(=O)OC1(C(C)=O)CCCCC1. The molecular weight excluding hydrogens is 180 g/mol. The van der Waals surface area contributed by atoms with Crippen LogP contribution in [0.4, 0.5) is 0 Å². The predicted octanol–water partition coefficient (Wildman–Crippen LogP) is 2.23. The molecule has 0 saturated heterocycles. The fraction of sp³-hybridized carbons (Fsp3) is 0.818. The molecule has 1 aliphatic rings. The molecule has 0 spiro atoms. The van der Waals surface area contributed by atoms with Crippen LogP contribution in [0.1, 0.15) is 52.4 Å². The highest BCUT2D eigenvalue weighted by Gasteiger charge is 2.40. The summed E-state index contributed by atoms with van der Waals surface area (Å²) >= 11 is 0. The molecule has 1 rings (SSSR count). The van der Waals surface area contributed by atoms with Crippen molar-refractivity contribution in [3.05, 3.63) is 0 Å². The summed E-state index contributed by atoms with van der Waals surface area (Å²) in [5.41, 5.74) is -0.786. The van der Waals surface area contributed by atoms with Crippen molar-refractivity contribution in [2.45, 2.75) is 58.0 Å². The summed E-state index contributed by atoms with van der Waals surface area (Å²) in [5, 5.41) is 0. The van der Waals surface area contributed by atoms with E-state index in [1.807, 2.05) is 0 Å². The number of esters is 1. The van der Waals surface area contributed by atoms with E-state index in [0.717, 1.165) is 19.3 Å². The first kappa shape index (κ1) is 11.2. The second-order valence-corrected chi connectivity index (χ2v) is 3.94. The zero-order valence-corrected chi connectivity index (χ0v) is 8.97. The van der Waals surface area contributed by atoms with E-state index >= 15 is 0 Å². The zero-order valence-electron chi connectivity index (χ0n) is 8.97. The Morgan fingerprint density at radius 1 is 1.21 bits per heavy atom. The molecule has 0 aromatic carbocycles. The average Bonchev–Trinajstić information content (AvgIpc) is 2.19. The molecule has 1 fully saturated rings. The van der Waals surface area contributed by atoms with Crippen molar-refractivity contribution < 1.29 is 14.3 Å². The molecule has 1 saturated carbocycles. The van der Waals surface area contributed by atoms with Gasteiger partial charge in [-0.05, 0) is 32.6 Å². The van der Waals surface area contributed by atoms with E-state index in [9.17, 15) is 9.59 Å². The van der Waals surface area contributed by atoms with Crippen LogP contribution in [-0.2, 0) is 14.3 Å². The fourth-order valence-corrected chi connectivity index (χ4v) is 1.94. The van der Waals surface area contributed by atoms with Crippen molar-refractivity contribution in [2.75, 3.05) is 0 Å². The molecule has 14 heavy (non-hydrogen) atoms. The lowest BCUT2D eigenvalue weighted by Crippen LogP contribution is -2.43. The first-order valence-corrected chi connectivity index (χ1v) is 5.33. The Hall–Kier alpha value is -0.860. The maximum Gasteiger partial charge on any atom is 0.306 e. The predicted molar refractivity (Wildman–Crippen MR) is 52.9 cm³/mol. The third-order valence-corrected chi connectivity index (χ3v) is 2.90. The van der Waals surface area contributed by atoms with Crippen LogP contribution in [0.3, 0.4) is 0 Å². The molecule has 0 unspecified atom stereocenters. The molecule has 80 valence electrons. The Morgan fingerprint density at radius 3 is 2.21 bits per heavy atom. The molecule has 0 aromatic rings. The molecule has 0 amide bonds. The zero-order chi connectivity index (χ0) is 10.6. The number of hydrogen-bond donors (Lipinski definition) is 0. The van der Waals surface area contributed by atoms with Crippen molar-refractivity contribution in [2.24, 2.45) is 0 Å². The van der Waals surface area contributed by atoms with Gasteiger partial charge in [0.1, 0.15) is 0 Å². The van der Waals surface area contributed by atoms with Gasteiger partial charge in [0.05, 0.1) is 0 Å². The minimum atomic E-state index is -0.786. The van der Waals surface area contributed by atoms with Crippen LogP contribution in [-0.4, -0.2) is 17.4 Å². The van der Waals surface area contributed by atoms with Crippen molar-refractivity contribution >= 4 is 11.8 Å². The Balaban J connectivity index is 2.70. The van der Waals surface area contributed by atoms with E-state index in [1.165, 1.54) is 6.92 Å². The van der Waals surface area contributed by atoms with Crippen molar-refractivity contribution in [3.8, 4) is 0 Å². The molecule has 3 heteroatoms. The first-order chi connectivity index (χ1) is 6.60. The number of Topliss-reactive ketones (excluding diaryl/α,β-unsaturated/α-hetero) is 1. The van der Waals surface area contributed by atoms with Crippen molar-refractivity contribution in [3.63, 3.8) is 0 Å². The minimum Gasteiger partial charge on any atom is -0.451 e. The van der Waals surface area contributed by atoms with Crippen LogP contribution in [0, 0.1) is 0 Å². The molecule has 0 aliphatic heterocycles. The third kappa shape index (κ3) is 2.34. The summed E-state index contributed by atoms with van der Waals surface area (Å²) in [6.07, 6.45) is 4.85. The first-order valence-electron chi connectivity index (χ1n) is 5.33. The molecule has 0 N–H and O–H groups in total. The topological polar surface area (TPSA) is 43.4 Å². The molecule has 1 aliphatic carbocycles. The van der Waals surface area contributed by atoms with Crippen molar-refractivity contribution in [1.29, 1.82) is 0 Å². The standard InChI is InChI=1S/C11H18O3/c1-3-10(13)14-11(9(2)12)7-5-4-6-8-11/h3-8H2,1-2H3. The molecule has 0 radical (unpaired) electrons. The van der Waals surface area contributed by atoms with E-state index in [2.05, 4.69) is 0 Å². The van der Waals surface area contributed by atoms with Crippen LogP contribution in [0.5, 0.6) is 0 Å². The van der Waals surface area contributed by atoms with Gasteiger partial charge in [-0.2, -0.15) is 0 Å². The highest BCUT2D eigenvalue weighted by atomic mass is 16.6. The summed E-state index contributed by atoms with van der Waals surface area (Å²) in [6.45, 7) is 3.27. The van der Waals surface area contributed by atoms with E-state index in [4.69, 9.17) is 4.74 Å². The molecule has 3 nitrogen and oxygen atoms in total. The lowest BCUT2D eigenvalue weighted by Gasteiger charge is -2.34. The third-order valence-electron chi connectivity index (χ3n) is 2.90.